The lowest BCUT2D eigenvalue weighted by Crippen LogP contribution is -2.42. The average molecular weight is 340 g/mol. The van der Waals surface area contributed by atoms with Crippen molar-refractivity contribution in [3.05, 3.63) is 24.3 Å². The van der Waals surface area contributed by atoms with E-state index < -0.39 is 16.1 Å². The molecule has 0 radical (unpaired) electrons. The summed E-state index contributed by atoms with van der Waals surface area (Å²) in [6, 6.07) is 5.53. The van der Waals surface area contributed by atoms with Gasteiger partial charge in [0.25, 0.3) is 0 Å². The third-order valence-electron chi connectivity index (χ3n) is 3.39. The van der Waals surface area contributed by atoms with E-state index in [9.17, 15) is 18.0 Å². The number of rotatable bonds is 4. The number of hydrogen-bond donors (Lipinski definition) is 4. The van der Waals surface area contributed by atoms with Crippen LogP contribution in [0.2, 0.25) is 0 Å². The number of hydrogen-bond acceptors (Lipinski definition) is 5. The molecule has 2 rings (SSSR count). The maximum Gasteiger partial charge on any atom is 0.325 e. The van der Waals surface area contributed by atoms with Crippen molar-refractivity contribution in [2.75, 3.05) is 29.4 Å². The van der Waals surface area contributed by atoms with Gasteiger partial charge < -0.3 is 10.6 Å². The third kappa shape index (κ3) is 5.87. The number of sulfonamides is 1. The molecule has 0 saturated carbocycles. The van der Waals surface area contributed by atoms with E-state index in [1.807, 2.05) is 0 Å². The molecule has 1 heterocycles. The van der Waals surface area contributed by atoms with Gasteiger partial charge in [0, 0.05) is 17.3 Å². The maximum absolute atomic E-state index is 11.9. The second-order valence-corrected chi connectivity index (χ2v) is 7.17. The Bertz CT molecular complexity index is 667. The SMILES string of the molecule is CS(=O)(=O)Nc1ccc(NC(=O)NC(=O)C2CCNCC2)cc1. The predicted octanol–water partition coefficient (Wildman–Crippen LogP) is 0.706. The van der Waals surface area contributed by atoms with Gasteiger partial charge in [-0.25, -0.2) is 13.2 Å². The number of carbonyl (C=O) groups excluding carboxylic acids is 2. The molecule has 1 aromatic carbocycles. The van der Waals surface area contributed by atoms with Gasteiger partial charge >= 0.3 is 6.03 Å². The van der Waals surface area contributed by atoms with Crippen LogP contribution in [-0.2, 0) is 14.8 Å². The molecule has 9 heteroatoms. The summed E-state index contributed by atoms with van der Waals surface area (Å²) >= 11 is 0. The van der Waals surface area contributed by atoms with Crippen LogP contribution in [0, 0.1) is 5.92 Å². The summed E-state index contributed by atoms with van der Waals surface area (Å²) in [4.78, 5) is 23.7. The molecule has 0 spiro atoms. The van der Waals surface area contributed by atoms with Crippen LogP contribution in [0.1, 0.15) is 12.8 Å². The second kappa shape index (κ2) is 7.42. The average Bonchev–Trinajstić information content (AvgIpc) is 2.48. The highest BCUT2D eigenvalue weighted by molar-refractivity contribution is 7.92. The van der Waals surface area contributed by atoms with Crippen molar-refractivity contribution in [1.29, 1.82) is 0 Å². The molecule has 0 atom stereocenters. The van der Waals surface area contributed by atoms with E-state index in [1.165, 1.54) is 12.1 Å². The largest absolute Gasteiger partial charge is 0.325 e. The minimum Gasteiger partial charge on any atom is -0.317 e. The van der Waals surface area contributed by atoms with Crippen molar-refractivity contribution < 1.29 is 18.0 Å². The van der Waals surface area contributed by atoms with Crippen molar-refractivity contribution in [2.24, 2.45) is 5.92 Å². The Hall–Kier alpha value is -2.13. The molecule has 3 amide bonds. The third-order valence-corrected chi connectivity index (χ3v) is 4.00. The standard InChI is InChI=1S/C14H20N4O4S/c1-23(21,22)18-12-4-2-11(3-5-12)16-14(20)17-13(19)10-6-8-15-9-7-10/h2-5,10,15,18H,6-9H2,1H3,(H2,16,17,19,20). The molecule has 1 fully saturated rings. The summed E-state index contributed by atoms with van der Waals surface area (Å²) in [5, 5.41) is 8.02. The van der Waals surface area contributed by atoms with Gasteiger partial charge in [-0.1, -0.05) is 0 Å². The number of piperidine rings is 1. The normalized spacial score (nSPS) is 15.7. The lowest BCUT2D eigenvalue weighted by Gasteiger charge is -2.21. The minimum atomic E-state index is -3.34. The summed E-state index contributed by atoms with van der Waals surface area (Å²) < 4.78 is 24.5. The van der Waals surface area contributed by atoms with E-state index in [0.717, 1.165) is 19.3 Å². The molecule has 23 heavy (non-hydrogen) atoms. The molecule has 0 bridgehead atoms. The Balaban J connectivity index is 1.86. The van der Waals surface area contributed by atoms with E-state index in [2.05, 4.69) is 20.7 Å². The van der Waals surface area contributed by atoms with Crippen LogP contribution in [0.3, 0.4) is 0 Å². The molecule has 1 saturated heterocycles. The highest BCUT2D eigenvalue weighted by Crippen LogP contribution is 2.15. The van der Waals surface area contributed by atoms with Crippen molar-refractivity contribution in [3.8, 4) is 0 Å². The molecular weight excluding hydrogens is 320 g/mol. The molecule has 8 nitrogen and oxygen atoms in total. The predicted molar refractivity (Wildman–Crippen MR) is 87.7 cm³/mol. The Morgan fingerprint density at radius 1 is 1.09 bits per heavy atom. The first kappa shape index (κ1) is 17.2. The first-order valence-corrected chi connectivity index (χ1v) is 9.13. The molecule has 1 aliphatic heterocycles. The summed E-state index contributed by atoms with van der Waals surface area (Å²) in [6.07, 6.45) is 2.48. The first-order valence-electron chi connectivity index (χ1n) is 7.24. The van der Waals surface area contributed by atoms with E-state index in [0.29, 0.717) is 24.2 Å². The molecule has 0 aliphatic carbocycles. The summed E-state index contributed by atoms with van der Waals surface area (Å²) in [5.74, 6) is -0.428. The quantitative estimate of drug-likeness (QED) is 0.644. The number of anilines is 2. The fourth-order valence-corrected chi connectivity index (χ4v) is 2.86. The van der Waals surface area contributed by atoms with Gasteiger partial charge in [0.2, 0.25) is 15.9 Å². The van der Waals surface area contributed by atoms with Crippen LogP contribution < -0.4 is 20.7 Å². The van der Waals surface area contributed by atoms with E-state index in [4.69, 9.17) is 0 Å². The van der Waals surface area contributed by atoms with Gasteiger partial charge in [0.1, 0.15) is 0 Å². The van der Waals surface area contributed by atoms with Gasteiger partial charge in [-0.15, -0.1) is 0 Å². The summed E-state index contributed by atoms with van der Waals surface area (Å²) in [7, 11) is -3.34. The van der Waals surface area contributed by atoms with E-state index >= 15 is 0 Å². The number of amides is 3. The molecule has 4 N–H and O–H groups in total. The minimum absolute atomic E-state index is 0.150. The van der Waals surface area contributed by atoms with Gasteiger partial charge in [-0.3, -0.25) is 14.8 Å². The second-order valence-electron chi connectivity index (χ2n) is 5.42. The van der Waals surface area contributed by atoms with Crippen molar-refractivity contribution in [1.82, 2.24) is 10.6 Å². The van der Waals surface area contributed by atoms with Gasteiger partial charge in [-0.05, 0) is 50.2 Å². The number of benzene rings is 1. The number of urea groups is 1. The zero-order valence-corrected chi connectivity index (χ0v) is 13.6. The molecule has 0 unspecified atom stereocenters. The molecule has 1 aromatic rings. The van der Waals surface area contributed by atoms with Gasteiger partial charge in [-0.2, -0.15) is 0 Å². The van der Waals surface area contributed by atoms with Crippen molar-refractivity contribution in [3.63, 3.8) is 0 Å². The zero-order chi connectivity index (χ0) is 16.9. The summed E-state index contributed by atoms with van der Waals surface area (Å²) in [6.45, 7) is 1.54. The molecular formula is C14H20N4O4S. The van der Waals surface area contributed by atoms with Gasteiger partial charge in [0.15, 0.2) is 0 Å². The van der Waals surface area contributed by atoms with E-state index in [-0.39, 0.29) is 11.8 Å². The fourth-order valence-electron chi connectivity index (χ4n) is 2.30. The lowest BCUT2D eigenvalue weighted by atomic mass is 9.97. The number of nitrogens with one attached hydrogen (secondary N) is 4. The van der Waals surface area contributed by atoms with Gasteiger partial charge in [0.05, 0.1) is 6.26 Å². The molecule has 1 aliphatic rings. The van der Waals surface area contributed by atoms with Crippen molar-refractivity contribution >= 4 is 33.3 Å². The zero-order valence-electron chi connectivity index (χ0n) is 12.8. The lowest BCUT2D eigenvalue weighted by molar-refractivity contribution is -0.124. The van der Waals surface area contributed by atoms with Crippen molar-refractivity contribution in [2.45, 2.75) is 12.8 Å². The topological polar surface area (TPSA) is 116 Å². The highest BCUT2D eigenvalue weighted by atomic mass is 32.2. The monoisotopic (exact) mass is 340 g/mol. The Labute approximate surface area is 135 Å². The number of imide groups is 1. The summed E-state index contributed by atoms with van der Waals surface area (Å²) in [5.41, 5.74) is 0.851. The first-order chi connectivity index (χ1) is 10.8. The Morgan fingerprint density at radius 2 is 1.65 bits per heavy atom. The molecule has 0 aromatic heterocycles. The van der Waals surface area contributed by atoms with Crippen LogP contribution in [0.15, 0.2) is 24.3 Å². The van der Waals surface area contributed by atoms with Crippen LogP contribution in [0.4, 0.5) is 16.2 Å². The Morgan fingerprint density at radius 3 is 2.22 bits per heavy atom. The van der Waals surface area contributed by atoms with Crippen LogP contribution in [-0.4, -0.2) is 39.7 Å². The van der Waals surface area contributed by atoms with Crippen LogP contribution in [0.5, 0.6) is 0 Å². The number of carbonyl (C=O) groups is 2. The Kier molecular flexibility index (Phi) is 5.56. The maximum atomic E-state index is 11.9. The van der Waals surface area contributed by atoms with Crippen LogP contribution >= 0.6 is 0 Å². The molecule has 126 valence electrons. The van der Waals surface area contributed by atoms with E-state index in [1.54, 1.807) is 12.1 Å². The smallest absolute Gasteiger partial charge is 0.317 e. The van der Waals surface area contributed by atoms with Crippen LogP contribution in [0.25, 0.3) is 0 Å². The fraction of sp³-hybridized carbons (Fsp3) is 0.429. The highest BCUT2D eigenvalue weighted by Gasteiger charge is 2.22.